The van der Waals surface area contributed by atoms with Gasteiger partial charge in [0.2, 0.25) is 0 Å². The quantitative estimate of drug-likeness (QED) is 0.631. The van der Waals surface area contributed by atoms with Crippen LogP contribution in [0.1, 0.15) is 22.8 Å². The molecule has 0 fully saturated rings. The molecule has 0 aliphatic carbocycles. The fourth-order valence-corrected chi connectivity index (χ4v) is 2.58. The second-order valence-electron chi connectivity index (χ2n) is 5.79. The van der Waals surface area contributed by atoms with E-state index in [-0.39, 0.29) is 18.1 Å². The molecule has 1 amide bonds. The predicted octanol–water partition coefficient (Wildman–Crippen LogP) is 2.62. The molecule has 2 rings (SSSR count). The minimum absolute atomic E-state index is 0.283. The standard InChI is InChI=1S/C21H25NO6/c1-4-27-19-13-16(9-10-18(19)26-3)21(24)28-14-20(23)22-12-11-15-7-5-6-8-17(15)25-2/h5-10,13H,4,11-12,14H2,1-3H3,(H,22,23). The summed E-state index contributed by atoms with van der Waals surface area (Å²) in [5, 5.41) is 2.72. The smallest absolute Gasteiger partial charge is 0.338 e. The Kier molecular flexibility index (Phi) is 8.14. The van der Waals surface area contributed by atoms with Gasteiger partial charge < -0.3 is 24.3 Å². The van der Waals surface area contributed by atoms with E-state index in [1.54, 1.807) is 19.2 Å². The monoisotopic (exact) mass is 387 g/mol. The molecule has 150 valence electrons. The maximum absolute atomic E-state index is 12.2. The van der Waals surface area contributed by atoms with Gasteiger partial charge in [-0.2, -0.15) is 0 Å². The molecule has 28 heavy (non-hydrogen) atoms. The predicted molar refractivity (Wildman–Crippen MR) is 104 cm³/mol. The molecule has 0 heterocycles. The number of carbonyl (C=O) groups is 2. The zero-order valence-electron chi connectivity index (χ0n) is 16.3. The number of rotatable bonds is 10. The summed E-state index contributed by atoms with van der Waals surface area (Å²) < 4.78 is 21.0. The van der Waals surface area contributed by atoms with E-state index >= 15 is 0 Å². The van der Waals surface area contributed by atoms with Crippen LogP contribution in [0.5, 0.6) is 17.2 Å². The number of benzene rings is 2. The van der Waals surface area contributed by atoms with Crippen LogP contribution in [0.2, 0.25) is 0 Å². The minimum atomic E-state index is -0.608. The lowest BCUT2D eigenvalue weighted by molar-refractivity contribution is -0.124. The van der Waals surface area contributed by atoms with Crippen LogP contribution < -0.4 is 19.5 Å². The van der Waals surface area contributed by atoms with E-state index in [0.717, 1.165) is 11.3 Å². The van der Waals surface area contributed by atoms with Gasteiger partial charge >= 0.3 is 5.97 Å². The molecule has 0 aliphatic rings. The summed E-state index contributed by atoms with van der Waals surface area (Å²) in [6, 6.07) is 12.3. The highest BCUT2D eigenvalue weighted by atomic mass is 16.5. The molecule has 0 aromatic heterocycles. The third kappa shape index (κ3) is 5.90. The van der Waals surface area contributed by atoms with Gasteiger partial charge in [-0.3, -0.25) is 4.79 Å². The Bertz CT molecular complexity index is 805. The largest absolute Gasteiger partial charge is 0.496 e. The van der Waals surface area contributed by atoms with E-state index in [4.69, 9.17) is 18.9 Å². The van der Waals surface area contributed by atoms with Gasteiger partial charge in [-0.05, 0) is 43.2 Å². The fourth-order valence-electron chi connectivity index (χ4n) is 2.58. The summed E-state index contributed by atoms with van der Waals surface area (Å²) in [7, 11) is 3.12. The third-order valence-electron chi connectivity index (χ3n) is 3.94. The third-order valence-corrected chi connectivity index (χ3v) is 3.94. The van der Waals surface area contributed by atoms with Gasteiger partial charge in [0.25, 0.3) is 5.91 Å². The number of esters is 1. The number of amides is 1. The Hall–Kier alpha value is -3.22. The zero-order chi connectivity index (χ0) is 20.4. The fraction of sp³-hybridized carbons (Fsp3) is 0.333. The number of carbonyl (C=O) groups excluding carboxylic acids is 2. The van der Waals surface area contributed by atoms with E-state index in [0.29, 0.717) is 31.1 Å². The van der Waals surface area contributed by atoms with Gasteiger partial charge in [0, 0.05) is 6.54 Å². The van der Waals surface area contributed by atoms with Crippen LogP contribution >= 0.6 is 0 Å². The van der Waals surface area contributed by atoms with Crippen LogP contribution in [0.4, 0.5) is 0 Å². The van der Waals surface area contributed by atoms with Crippen LogP contribution in [0.3, 0.4) is 0 Å². The van der Waals surface area contributed by atoms with Crippen molar-refractivity contribution in [3.63, 3.8) is 0 Å². The lowest BCUT2D eigenvalue weighted by Crippen LogP contribution is -2.30. The van der Waals surface area contributed by atoms with Crippen molar-refractivity contribution >= 4 is 11.9 Å². The first kappa shape index (κ1) is 21.1. The topological polar surface area (TPSA) is 83.1 Å². The number of ether oxygens (including phenoxy) is 4. The van der Waals surface area contributed by atoms with Gasteiger partial charge in [-0.1, -0.05) is 18.2 Å². The summed E-state index contributed by atoms with van der Waals surface area (Å²) in [5.74, 6) is 0.756. The molecule has 0 saturated carbocycles. The van der Waals surface area contributed by atoms with Gasteiger partial charge in [-0.15, -0.1) is 0 Å². The molecule has 7 nitrogen and oxygen atoms in total. The molecule has 0 bridgehead atoms. The number of hydrogen-bond donors (Lipinski definition) is 1. The van der Waals surface area contributed by atoms with Crippen LogP contribution in [-0.2, 0) is 16.0 Å². The molecule has 2 aromatic rings. The molecule has 1 N–H and O–H groups in total. The van der Waals surface area contributed by atoms with Gasteiger partial charge in [0.1, 0.15) is 5.75 Å². The van der Waals surface area contributed by atoms with Gasteiger partial charge in [0.05, 0.1) is 26.4 Å². The Morgan fingerprint density at radius 1 is 0.964 bits per heavy atom. The van der Waals surface area contributed by atoms with Crippen molar-refractivity contribution in [3.8, 4) is 17.2 Å². The minimum Gasteiger partial charge on any atom is -0.496 e. The molecular formula is C21H25NO6. The van der Waals surface area contributed by atoms with Crippen LogP contribution in [0.15, 0.2) is 42.5 Å². The molecule has 0 radical (unpaired) electrons. The summed E-state index contributed by atoms with van der Waals surface area (Å²) in [5.41, 5.74) is 1.27. The average molecular weight is 387 g/mol. The normalized spacial score (nSPS) is 10.1. The molecule has 0 spiro atoms. The Morgan fingerprint density at radius 2 is 1.71 bits per heavy atom. The van der Waals surface area contributed by atoms with Crippen molar-refractivity contribution < 1.29 is 28.5 Å². The van der Waals surface area contributed by atoms with E-state index in [2.05, 4.69) is 5.32 Å². The molecular weight excluding hydrogens is 362 g/mol. The first-order valence-corrected chi connectivity index (χ1v) is 8.95. The van der Waals surface area contributed by atoms with Crippen molar-refractivity contribution in [2.24, 2.45) is 0 Å². The van der Waals surface area contributed by atoms with Gasteiger partial charge in [0.15, 0.2) is 18.1 Å². The van der Waals surface area contributed by atoms with E-state index < -0.39 is 5.97 Å². The maximum atomic E-state index is 12.2. The molecule has 0 atom stereocenters. The Labute approximate surface area is 164 Å². The van der Waals surface area contributed by atoms with Crippen molar-refractivity contribution in [2.75, 3.05) is 34.0 Å². The highest BCUT2D eigenvalue weighted by molar-refractivity contribution is 5.92. The average Bonchev–Trinajstić information content (AvgIpc) is 2.72. The van der Waals surface area contributed by atoms with Crippen molar-refractivity contribution in [2.45, 2.75) is 13.3 Å². The lowest BCUT2D eigenvalue weighted by atomic mass is 10.1. The van der Waals surface area contributed by atoms with E-state index in [1.165, 1.54) is 13.2 Å². The second-order valence-corrected chi connectivity index (χ2v) is 5.79. The molecule has 7 heteroatoms. The summed E-state index contributed by atoms with van der Waals surface area (Å²) in [4.78, 5) is 24.1. The first-order valence-electron chi connectivity index (χ1n) is 8.95. The van der Waals surface area contributed by atoms with Crippen LogP contribution in [-0.4, -0.2) is 45.9 Å². The molecule has 0 unspecified atom stereocenters. The van der Waals surface area contributed by atoms with E-state index in [9.17, 15) is 9.59 Å². The number of nitrogens with one attached hydrogen (secondary N) is 1. The number of hydrogen-bond acceptors (Lipinski definition) is 6. The van der Waals surface area contributed by atoms with Crippen LogP contribution in [0, 0.1) is 0 Å². The highest BCUT2D eigenvalue weighted by Gasteiger charge is 2.14. The van der Waals surface area contributed by atoms with E-state index in [1.807, 2.05) is 31.2 Å². The van der Waals surface area contributed by atoms with Crippen molar-refractivity contribution in [3.05, 3.63) is 53.6 Å². The Morgan fingerprint density at radius 3 is 2.43 bits per heavy atom. The molecule has 0 saturated heterocycles. The second kappa shape index (κ2) is 10.8. The summed E-state index contributed by atoms with van der Waals surface area (Å²) in [6.45, 7) is 2.32. The maximum Gasteiger partial charge on any atom is 0.338 e. The first-order chi connectivity index (χ1) is 13.6. The van der Waals surface area contributed by atoms with Gasteiger partial charge in [-0.25, -0.2) is 4.79 Å². The lowest BCUT2D eigenvalue weighted by Gasteiger charge is -2.11. The van der Waals surface area contributed by atoms with Crippen LogP contribution in [0.25, 0.3) is 0 Å². The number of methoxy groups -OCH3 is 2. The summed E-state index contributed by atoms with van der Waals surface area (Å²) >= 11 is 0. The number of para-hydroxylation sites is 1. The SMILES string of the molecule is CCOc1cc(C(=O)OCC(=O)NCCc2ccccc2OC)ccc1OC. The summed E-state index contributed by atoms with van der Waals surface area (Å²) in [6.07, 6.45) is 0.611. The molecule has 0 aliphatic heterocycles. The Balaban J connectivity index is 1.82. The highest BCUT2D eigenvalue weighted by Crippen LogP contribution is 2.28. The zero-order valence-corrected chi connectivity index (χ0v) is 16.3. The van der Waals surface area contributed by atoms with Crippen molar-refractivity contribution in [1.82, 2.24) is 5.32 Å². The van der Waals surface area contributed by atoms with Crippen molar-refractivity contribution in [1.29, 1.82) is 0 Å². The molecule has 2 aromatic carbocycles.